The minimum atomic E-state index is 0.116. The van der Waals surface area contributed by atoms with Gasteiger partial charge in [-0.25, -0.2) is 0 Å². The lowest BCUT2D eigenvalue weighted by atomic mass is 10.00. The second-order valence-corrected chi connectivity index (χ2v) is 6.25. The van der Waals surface area contributed by atoms with Gasteiger partial charge < -0.3 is 5.32 Å². The minimum Gasteiger partial charge on any atom is -0.355 e. The van der Waals surface area contributed by atoms with Crippen LogP contribution in [0, 0.1) is 0 Å². The van der Waals surface area contributed by atoms with E-state index in [9.17, 15) is 4.79 Å². The summed E-state index contributed by atoms with van der Waals surface area (Å²) in [5.41, 5.74) is 2.49. The number of carbonyl (C=O) groups is 1. The molecular weight excluding hydrogens is 294 g/mol. The Morgan fingerprint density at radius 3 is 2.46 bits per heavy atom. The molecule has 0 fully saturated rings. The highest BCUT2D eigenvalue weighted by Gasteiger charge is 2.08. The van der Waals surface area contributed by atoms with Crippen LogP contribution >= 0.6 is 0 Å². The van der Waals surface area contributed by atoms with Gasteiger partial charge in [-0.1, -0.05) is 79.7 Å². The number of rotatable bonds is 6. The average Bonchev–Trinajstić information content (AvgIpc) is 2.65. The molecular formula is C22H23NO. The lowest BCUT2D eigenvalue weighted by Crippen LogP contribution is -2.27. The Balaban J connectivity index is 1.54. The number of amides is 1. The second kappa shape index (κ2) is 7.78. The number of nitrogens with one attached hydrogen (secondary N) is 1. The van der Waals surface area contributed by atoms with Crippen LogP contribution in [0.2, 0.25) is 0 Å². The monoisotopic (exact) mass is 317 g/mol. The predicted octanol–water partition coefficient (Wildman–Crippen LogP) is 4.69. The largest absolute Gasteiger partial charge is 0.355 e. The van der Waals surface area contributed by atoms with Crippen molar-refractivity contribution in [1.29, 1.82) is 0 Å². The Morgan fingerprint density at radius 1 is 0.917 bits per heavy atom. The normalized spacial score (nSPS) is 12.0. The van der Waals surface area contributed by atoms with E-state index in [1.165, 1.54) is 21.9 Å². The van der Waals surface area contributed by atoms with Gasteiger partial charge in [0.15, 0.2) is 0 Å². The fraction of sp³-hybridized carbons (Fsp3) is 0.227. The van der Waals surface area contributed by atoms with Gasteiger partial charge in [0.2, 0.25) is 5.91 Å². The van der Waals surface area contributed by atoms with Crippen LogP contribution in [-0.4, -0.2) is 12.5 Å². The van der Waals surface area contributed by atoms with Crippen molar-refractivity contribution in [1.82, 2.24) is 5.32 Å². The van der Waals surface area contributed by atoms with Crippen molar-refractivity contribution < 1.29 is 4.79 Å². The van der Waals surface area contributed by atoms with E-state index in [0.717, 1.165) is 6.42 Å². The third kappa shape index (κ3) is 4.02. The number of hydrogen-bond donors (Lipinski definition) is 1. The van der Waals surface area contributed by atoms with Crippen molar-refractivity contribution in [2.45, 2.75) is 25.7 Å². The molecule has 2 nitrogen and oxygen atoms in total. The van der Waals surface area contributed by atoms with Crippen LogP contribution in [0.4, 0.5) is 0 Å². The number of carbonyl (C=O) groups excluding carboxylic acids is 1. The van der Waals surface area contributed by atoms with Gasteiger partial charge in [0.1, 0.15) is 0 Å². The molecule has 0 saturated carbocycles. The van der Waals surface area contributed by atoms with Crippen molar-refractivity contribution in [2.75, 3.05) is 6.54 Å². The molecule has 0 aromatic heterocycles. The van der Waals surface area contributed by atoms with E-state index < -0.39 is 0 Å². The molecule has 0 radical (unpaired) electrons. The van der Waals surface area contributed by atoms with Gasteiger partial charge in [0.25, 0.3) is 0 Å². The third-order valence-corrected chi connectivity index (χ3v) is 4.48. The topological polar surface area (TPSA) is 29.1 Å². The quantitative estimate of drug-likeness (QED) is 0.702. The molecule has 1 N–H and O–H groups in total. The molecule has 3 aromatic rings. The van der Waals surface area contributed by atoms with E-state index in [1.807, 2.05) is 30.3 Å². The summed E-state index contributed by atoms with van der Waals surface area (Å²) in [5, 5.41) is 5.53. The molecule has 0 aliphatic rings. The van der Waals surface area contributed by atoms with Crippen LogP contribution in [0.15, 0.2) is 72.8 Å². The highest BCUT2D eigenvalue weighted by atomic mass is 16.1. The first kappa shape index (κ1) is 16.3. The molecule has 24 heavy (non-hydrogen) atoms. The van der Waals surface area contributed by atoms with Gasteiger partial charge in [-0.05, 0) is 34.2 Å². The van der Waals surface area contributed by atoms with Crippen LogP contribution in [0.25, 0.3) is 10.8 Å². The van der Waals surface area contributed by atoms with Crippen LogP contribution in [-0.2, 0) is 11.2 Å². The minimum absolute atomic E-state index is 0.116. The third-order valence-electron chi connectivity index (χ3n) is 4.48. The number of fused-ring (bicyclic) bond motifs is 1. The molecule has 3 aromatic carbocycles. The van der Waals surface area contributed by atoms with Gasteiger partial charge in [-0.3, -0.25) is 4.79 Å². The summed E-state index contributed by atoms with van der Waals surface area (Å²) >= 11 is 0. The van der Waals surface area contributed by atoms with Crippen LogP contribution in [0.5, 0.6) is 0 Å². The first-order valence-corrected chi connectivity index (χ1v) is 8.52. The zero-order valence-electron chi connectivity index (χ0n) is 14.0. The summed E-state index contributed by atoms with van der Waals surface area (Å²) in [5.74, 6) is 0.443. The summed E-state index contributed by atoms with van der Waals surface area (Å²) < 4.78 is 0. The molecule has 0 spiro atoms. The molecule has 122 valence electrons. The van der Waals surface area contributed by atoms with Gasteiger partial charge in [0.05, 0.1) is 0 Å². The molecule has 1 amide bonds. The van der Waals surface area contributed by atoms with Crippen molar-refractivity contribution in [3.8, 4) is 0 Å². The highest BCUT2D eigenvalue weighted by Crippen LogP contribution is 2.19. The molecule has 2 heteroatoms. The van der Waals surface area contributed by atoms with E-state index in [0.29, 0.717) is 18.9 Å². The summed E-state index contributed by atoms with van der Waals surface area (Å²) in [6.45, 7) is 2.82. The standard InChI is InChI=1S/C22H23NO/c1-17(18-8-3-2-4-9-18)16-23-22(24)15-14-20-12-7-11-19-10-5-6-13-21(19)20/h2-13,17H,14-16H2,1H3,(H,23,24). The van der Waals surface area contributed by atoms with Gasteiger partial charge in [-0.2, -0.15) is 0 Å². The van der Waals surface area contributed by atoms with E-state index in [-0.39, 0.29) is 5.91 Å². The first-order valence-electron chi connectivity index (χ1n) is 8.52. The van der Waals surface area contributed by atoms with Gasteiger partial charge in [-0.15, -0.1) is 0 Å². The van der Waals surface area contributed by atoms with Crippen molar-refractivity contribution in [2.24, 2.45) is 0 Å². The molecule has 0 aliphatic carbocycles. The van der Waals surface area contributed by atoms with Crippen molar-refractivity contribution in [3.05, 3.63) is 83.9 Å². The van der Waals surface area contributed by atoms with Crippen molar-refractivity contribution >= 4 is 16.7 Å². The van der Waals surface area contributed by atoms with Gasteiger partial charge in [0, 0.05) is 13.0 Å². The fourth-order valence-corrected chi connectivity index (χ4v) is 3.01. The molecule has 0 bridgehead atoms. The predicted molar refractivity (Wildman–Crippen MR) is 100 cm³/mol. The first-order chi connectivity index (χ1) is 11.7. The fourth-order valence-electron chi connectivity index (χ4n) is 3.01. The summed E-state index contributed by atoms with van der Waals surface area (Å²) in [6.07, 6.45) is 1.29. The smallest absolute Gasteiger partial charge is 0.220 e. The van der Waals surface area contributed by atoms with Gasteiger partial charge >= 0.3 is 0 Å². The molecule has 3 rings (SSSR count). The van der Waals surface area contributed by atoms with E-state index >= 15 is 0 Å². The SMILES string of the molecule is CC(CNC(=O)CCc1cccc2ccccc12)c1ccccc1. The lowest BCUT2D eigenvalue weighted by molar-refractivity contribution is -0.121. The zero-order chi connectivity index (χ0) is 16.8. The molecule has 0 aliphatic heterocycles. The average molecular weight is 317 g/mol. The molecule has 1 atom stereocenters. The molecule has 0 heterocycles. The summed E-state index contributed by atoms with van der Waals surface area (Å²) in [7, 11) is 0. The second-order valence-electron chi connectivity index (χ2n) is 6.25. The van der Waals surface area contributed by atoms with E-state index in [2.05, 4.69) is 54.7 Å². The molecule has 1 unspecified atom stereocenters. The highest BCUT2D eigenvalue weighted by molar-refractivity contribution is 5.86. The maximum atomic E-state index is 12.2. The summed E-state index contributed by atoms with van der Waals surface area (Å²) in [6, 6.07) is 24.9. The van der Waals surface area contributed by atoms with Crippen LogP contribution in [0.3, 0.4) is 0 Å². The maximum Gasteiger partial charge on any atom is 0.220 e. The Kier molecular flexibility index (Phi) is 5.27. The van der Waals surface area contributed by atoms with Crippen LogP contribution in [0.1, 0.15) is 30.4 Å². The Bertz CT molecular complexity index is 805. The Morgan fingerprint density at radius 2 is 1.62 bits per heavy atom. The van der Waals surface area contributed by atoms with E-state index in [1.54, 1.807) is 0 Å². The van der Waals surface area contributed by atoms with Crippen molar-refractivity contribution in [3.63, 3.8) is 0 Å². The Hall–Kier alpha value is -2.61. The number of benzene rings is 3. The molecule has 0 saturated heterocycles. The Labute approximate surface area is 143 Å². The lowest BCUT2D eigenvalue weighted by Gasteiger charge is -2.13. The number of hydrogen-bond acceptors (Lipinski definition) is 1. The van der Waals surface area contributed by atoms with E-state index in [4.69, 9.17) is 0 Å². The summed E-state index contributed by atoms with van der Waals surface area (Å²) in [4.78, 5) is 12.2. The zero-order valence-corrected chi connectivity index (χ0v) is 14.0. The van der Waals surface area contributed by atoms with Crippen LogP contribution < -0.4 is 5.32 Å². The number of aryl methyl sites for hydroxylation is 1. The maximum absolute atomic E-state index is 12.2.